The van der Waals surface area contributed by atoms with Crippen molar-refractivity contribution in [3.8, 4) is 23.0 Å². The Morgan fingerprint density at radius 1 is 0.935 bits per heavy atom. The third kappa shape index (κ3) is 5.53. The minimum Gasteiger partial charge on any atom is -0.484 e. The number of aryl methyl sites for hydroxylation is 3. The number of nitrogens with zero attached hydrogens (tertiary/aromatic N) is 4. The van der Waals surface area contributed by atoms with Crippen LogP contribution in [0.2, 0.25) is 0 Å². The van der Waals surface area contributed by atoms with E-state index in [4.69, 9.17) is 18.4 Å². The molecule has 0 bridgehead atoms. The van der Waals surface area contributed by atoms with Crippen LogP contribution in [0, 0.1) is 13.8 Å². The Hall–Kier alpha value is -4.01. The van der Waals surface area contributed by atoms with Gasteiger partial charge < -0.3 is 18.4 Å². The van der Waals surface area contributed by atoms with Gasteiger partial charge in [0, 0.05) is 12.0 Å². The minimum absolute atomic E-state index is 0.115. The lowest BCUT2D eigenvalue weighted by Crippen LogP contribution is -2.09. The Balaban J connectivity index is 1.24. The van der Waals surface area contributed by atoms with Crippen molar-refractivity contribution < 1.29 is 23.2 Å². The number of aromatic nitrogens is 4. The molecule has 0 aliphatic rings. The third-order valence-electron chi connectivity index (χ3n) is 4.30. The fraction of sp³-hybridized carbons (Fsp3) is 0.227. The van der Waals surface area contributed by atoms with Gasteiger partial charge in [-0.3, -0.25) is 4.79 Å². The predicted octanol–water partition coefficient (Wildman–Crippen LogP) is 3.85. The van der Waals surface area contributed by atoms with Crippen molar-refractivity contribution in [3.05, 3.63) is 71.7 Å². The van der Waals surface area contributed by atoms with Crippen LogP contribution in [0.15, 0.2) is 57.5 Å². The Morgan fingerprint density at radius 3 is 2.39 bits per heavy atom. The van der Waals surface area contributed by atoms with Gasteiger partial charge >= 0.3 is 5.97 Å². The summed E-state index contributed by atoms with van der Waals surface area (Å²) in [6, 6.07) is 14.4. The monoisotopic (exact) mass is 420 g/mol. The molecule has 0 saturated carbocycles. The number of rotatable bonds is 8. The lowest BCUT2D eigenvalue weighted by Gasteiger charge is -2.06. The summed E-state index contributed by atoms with van der Waals surface area (Å²) in [6.45, 7) is 3.90. The average Bonchev–Trinajstić information content (AvgIpc) is 3.41. The average molecular weight is 420 g/mol. The summed E-state index contributed by atoms with van der Waals surface area (Å²) in [5.74, 6) is 2.35. The highest BCUT2D eigenvalue weighted by molar-refractivity contribution is 5.72. The number of carbonyl (C=O) groups excluding carboxylic acids is 1. The van der Waals surface area contributed by atoms with Crippen LogP contribution >= 0.6 is 0 Å². The maximum Gasteiger partial charge on any atom is 0.311 e. The van der Waals surface area contributed by atoms with E-state index in [-0.39, 0.29) is 13.0 Å². The molecule has 31 heavy (non-hydrogen) atoms. The largest absolute Gasteiger partial charge is 0.484 e. The van der Waals surface area contributed by atoms with E-state index in [2.05, 4.69) is 20.3 Å². The first-order valence-corrected chi connectivity index (χ1v) is 9.67. The van der Waals surface area contributed by atoms with Crippen LogP contribution in [0.4, 0.5) is 0 Å². The van der Waals surface area contributed by atoms with Crippen LogP contribution in [-0.2, 0) is 17.8 Å². The summed E-state index contributed by atoms with van der Waals surface area (Å²) in [5.41, 5.74) is 1.98. The zero-order valence-corrected chi connectivity index (χ0v) is 17.1. The van der Waals surface area contributed by atoms with Crippen molar-refractivity contribution in [2.24, 2.45) is 0 Å². The van der Waals surface area contributed by atoms with Crippen LogP contribution in [-0.4, -0.2) is 26.3 Å². The molecule has 0 N–H and O–H groups in total. The molecule has 0 aliphatic heterocycles. The first-order valence-electron chi connectivity index (χ1n) is 9.67. The Bertz CT molecular complexity index is 1150. The van der Waals surface area contributed by atoms with E-state index in [0.717, 1.165) is 11.1 Å². The molecule has 0 fully saturated rings. The van der Waals surface area contributed by atoms with Gasteiger partial charge in [0.1, 0.15) is 11.5 Å². The van der Waals surface area contributed by atoms with Crippen LogP contribution in [0.25, 0.3) is 11.5 Å². The first kappa shape index (κ1) is 20.3. The molecule has 0 amide bonds. The van der Waals surface area contributed by atoms with Gasteiger partial charge in [0.2, 0.25) is 11.8 Å². The summed E-state index contributed by atoms with van der Waals surface area (Å²) in [7, 11) is 0. The highest BCUT2D eigenvalue weighted by Crippen LogP contribution is 2.20. The molecule has 2 heterocycles. The molecule has 0 spiro atoms. The van der Waals surface area contributed by atoms with E-state index < -0.39 is 5.97 Å². The van der Waals surface area contributed by atoms with E-state index in [9.17, 15) is 4.79 Å². The van der Waals surface area contributed by atoms with E-state index in [1.54, 1.807) is 31.2 Å². The normalized spacial score (nSPS) is 10.8. The highest BCUT2D eigenvalue weighted by atomic mass is 16.5. The molecule has 4 aromatic rings. The van der Waals surface area contributed by atoms with Crippen LogP contribution < -0.4 is 9.47 Å². The lowest BCUT2D eigenvalue weighted by molar-refractivity contribution is -0.134. The van der Waals surface area contributed by atoms with E-state index in [0.29, 0.717) is 41.4 Å². The van der Waals surface area contributed by atoms with Gasteiger partial charge in [-0.1, -0.05) is 22.9 Å². The second kappa shape index (κ2) is 9.21. The smallest absolute Gasteiger partial charge is 0.311 e. The molecule has 0 radical (unpaired) electrons. The minimum atomic E-state index is -0.398. The molecular formula is C22H20N4O5. The van der Waals surface area contributed by atoms with Crippen molar-refractivity contribution in [2.75, 3.05) is 0 Å². The predicted molar refractivity (Wildman–Crippen MR) is 108 cm³/mol. The Kier molecular flexibility index (Phi) is 6.02. The summed E-state index contributed by atoms with van der Waals surface area (Å²) >= 11 is 0. The van der Waals surface area contributed by atoms with Gasteiger partial charge in [-0.25, -0.2) is 0 Å². The summed E-state index contributed by atoms with van der Waals surface area (Å²) in [5, 5.41) is 11.7. The number of benzene rings is 2. The van der Waals surface area contributed by atoms with Gasteiger partial charge in [-0.15, -0.1) is 10.2 Å². The molecule has 0 saturated heterocycles. The van der Waals surface area contributed by atoms with E-state index in [1.165, 1.54) is 0 Å². The van der Waals surface area contributed by atoms with Gasteiger partial charge in [0.25, 0.3) is 5.89 Å². The van der Waals surface area contributed by atoms with Gasteiger partial charge in [0.15, 0.2) is 12.4 Å². The standard InChI is InChI=1S/C22H20N4O5/c1-14-3-5-16(6-4-14)22-25-24-19(30-22)11-12-21(27)29-18-9-7-17(8-10-18)28-13-20-23-15(2)26-31-20/h3-10H,11-13H2,1-2H3. The first-order chi connectivity index (χ1) is 15.0. The summed E-state index contributed by atoms with van der Waals surface area (Å²) in [6.07, 6.45) is 0.410. The van der Waals surface area contributed by atoms with Crippen molar-refractivity contribution in [2.45, 2.75) is 33.3 Å². The summed E-state index contributed by atoms with van der Waals surface area (Å²) < 4.78 is 21.5. The Labute approximate surface area is 178 Å². The fourth-order valence-corrected chi connectivity index (χ4v) is 2.71. The highest BCUT2D eigenvalue weighted by Gasteiger charge is 2.12. The molecule has 9 nitrogen and oxygen atoms in total. The maximum atomic E-state index is 12.1. The Morgan fingerprint density at radius 2 is 1.68 bits per heavy atom. The topological polar surface area (TPSA) is 113 Å². The molecule has 158 valence electrons. The second-order valence-electron chi connectivity index (χ2n) is 6.84. The fourth-order valence-electron chi connectivity index (χ4n) is 2.71. The van der Waals surface area contributed by atoms with Crippen LogP contribution in [0.5, 0.6) is 11.5 Å². The molecule has 0 aliphatic carbocycles. The van der Waals surface area contributed by atoms with Gasteiger partial charge in [-0.2, -0.15) is 4.98 Å². The zero-order chi connectivity index (χ0) is 21.6. The van der Waals surface area contributed by atoms with E-state index in [1.807, 2.05) is 31.2 Å². The molecule has 2 aromatic heterocycles. The SMILES string of the molecule is Cc1ccc(-c2nnc(CCC(=O)Oc3ccc(OCc4nc(C)no4)cc3)o2)cc1. The molecule has 0 atom stereocenters. The van der Waals surface area contributed by atoms with Crippen molar-refractivity contribution in [1.29, 1.82) is 0 Å². The van der Waals surface area contributed by atoms with Gasteiger partial charge in [0.05, 0.1) is 6.42 Å². The molecule has 2 aromatic carbocycles. The van der Waals surface area contributed by atoms with Crippen molar-refractivity contribution in [3.63, 3.8) is 0 Å². The van der Waals surface area contributed by atoms with Crippen LogP contribution in [0.3, 0.4) is 0 Å². The third-order valence-corrected chi connectivity index (χ3v) is 4.30. The number of esters is 1. The zero-order valence-electron chi connectivity index (χ0n) is 17.1. The van der Waals surface area contributed by atoms with Crippen LogP contribution in [0.1, 0.15) is 29.6 Å². The summed E-state index contributed by atoms with van der Waals surface area (Å²) in [4.78, 5) is 16.2. The second-order valence-corrected chi connectivity index (χ2v) is 6.84. The maximum absolute atomic E-state index is 12.1. The molecule has 0 unspecified atom stereocenters. The molecule has 4 rings (SSSR count). The molecule has 9 heteroatoms. The quantitative estimate of drug-likeness (QED) is 0.310. The number of ether oxygens (including phenoxy) is 2. The van der Waals surface area contributed by atoms with E-state index >= 15 is 0 Å². The van der Waals surface area contributed by atoms with Crippen molar-refractivity contribution >= 4 is 5.97 Å². The van der Waals surface area contributed by atoms with Crippen molar-refractivity contribution in [1.82, 2.24) is 20.3 Å². The lowest BCUT2D eigenvalue weighted by atomic mass is 10.1. The van der Waals surface area contributed by atoms with Gasteiger partial charge in [-0.05, 0) is 50.2 Å². The number of hydrogen-bond acceptors (Lipinski definition) is 9. The number of carbonyl (C=O) groups is 1. The molecular weight excluding hydrogens is 400 g/mol. The number of hydrogen-bond donors (Lipinski definition) is 0.